The van der Waals surface area contributed by atoms with Crippen molar-refractivity contribution in [1.82, 2.24) is 10.2 Å². The summed E-state index contributed by atoms with van der Waals surface area (Å²) < 4.78 is 0. The van der Waals surface area contributed by atoms with Crippen LogP contribution in [0.5, 0.6) is 0 Å². The van der Waals surface area contributed by atoms with Crippen molar-refractivity contribution in [2.75, 3.05) is 13.6 Å². The molecule has 1 aromatic rings. The van der Waals surface area contributed by atoms with E-state index in [2.05, 4.69) is 11.4 Å². The van der Waals surface area contributed by atoms with Gasteiger partial charge in [0.25, 0.3) is 0 Å². The number of hydrogen-bond acceptors (Lipinski definition) is 3. The fraction of sp³-hybridized carbons (Fsp3) is 0.556. The van der Waals surface area contributed by atoms with Crippen LogP contribution in [-0.4, -0.2) is 29.9 Å². The van der Waals surface area contributed by atoms with Gasteiger partial charge >= 0.3 is 0 Å². The van der Waals surface area contributed by atoms with E-state index in [-0.39, 0.29) is 18.5 Å². The summed E-state index contributed by atoms with van der Waals surface area (Å²) in [7, 11) is 1.87. The van der Waals surface area contributed by atoms with Crippen LogP contribution in [0.25, 0.3) is 0 Å². The van der Waals surface area contributed by atoms with Gasteiger partial charge in [-0.25, -0.2) is 0 Å². The van der Waals surface area contributed by atoms with Gasteiger partial charge < -0.3 is 5.32 Å². The highest BCUT2D eigenvalue weighted by Gasteiger charge is 2.33. The summed E-state index contributed by atoms with van der Waals surface area (Å²) >= 11 is 12.2. The maximum atomic E-state index is 12.4. The first kappa shape index (κ1) is 19.1. The van der Waals surface area contributed by atoms with E-state index in [1.54, 1.807) is 12.1 Å². The highest BCUT2D eigenvalue weighted by molar-refractivity contribution is 6.35. The maximum absolute atomic E-state index is 12.4. The smallest absolute Gasteiger partial charge is 0.235 e. The van der Waals surface area contributed by atoms with Crippen LogP contribution >= 0.6 is 23.2 Å². The Morgan fingerprint density at radius 1 is 1.38 bits per heavy atom. The molecular formula is C18H23Cl2N3O. The number of amides is 1. The van der Waals surface area contributed by atoms with E-state index in [0.717, 1.165) is 37.7 Å². The lowest BCUT2D eigenvalue weighted by Crippen LogP contribution is -2.51. The van der Waals surface area contributed by atoms with E-state index >= 15 is 0 Å². The second-order valence-corrected chi connectivity index (χ2v) is 7.40. The monoisotopic (exact) mass is 367 g/mol. The first-order chi connectivity index (χ1) is 11.4. The molecule has 1 aromatic carbocycles. The van der Waals surface area contributed by atoms with Gasteiger partial charge in [-0.15, -0.1) is 0 Å². The van der Waals surface area contributed by atoms with Crippen LogP contribution in [0, 0.1) is 11.3 Å². The topological polar surface area (TPSA) is 56.1 Å². The highest BCUT2D eigenvalue weighted by Crippen LogP contribution is 2.30. The Balaban J connectivity index is 1.99. The number of nitrogens with one attached hydrogen (secondary N) is 1. The van der Waals surface area contributed by atoms with Crippen molar-refractivity contribution in [1.29, 1.82) is 5.26 Å². The van der Waals surface area contributed by atoms with Crippen molar-refractivity contribution in [3.05, 3.63) is 33.8 Å². The van der Waals surface area contributed by atoms with Crippen molar-refractivity contribution < 1.29 is 4.79 Å². The van der Waals surface area contributed by atoms with Gasteiger partial charge in [0.2, 0.25) is 5.91 Å². The molecule has 0 radical (unpaired) electrons. The molecule has 2 rings (SSSR count). The zero-order valence-electron chi connectivity index (χ0n) is 14.1. The van der Waals surface area contributed by atoms with Crippen LogP contribution in [0.3, 0.4) is 0 Å². The minimum Gasteiger partial charge on any atom is -0.337 e. The quantitative estimate of drug-likeness (QED) is 0.842. The third kappa shape index (κ3) is 4.63. The zero-order valence-corrected chi connectivity index (χ0v) is 15.6. The van der Waals surface area contributed by atoms with Crippen molar-refractivity contribution in [2.24, 2.45) is 0 Å². The van der Waals surface area contributed by atoms with Crippen molar-refractivity contribution in [3.8, 4) is 6.07 Å². The normalized spacial score (nSPS) is 18.0. The Morgan fingerprint density at radius 2 is 2.04 bits per heavy atom. The summed E-state index contributed by atoms with van der Waals surface area (Å²) in [6, 6.07) is 7.65. The summed E-state index contributed by atoms with van der Waals surface area (Å²) in [5.41, 5.74) is 0.223. The number of nitriles is 1. The van der Waals surface area contributed by atoms with Crippen LogP contribution in [0.2, 0.25) is 10.0 Å². The fourth-order valence-electron chi connectivity index (χ4n) is 3.17. The van der Waals surface area contributed by atoms with Crippen LogP contribution in [0.1, 0.15) is 50.6 Å². The Bertz CT molecular complexity index is 636. The standard InChI is InChI=1S/C18H23Cl2N3O/c1-13(15-7-6-14(19)10-16(15)20)23(2)11-17(24)22-18(12-21)8-4-3-5-9-18/h6-7,10,13H,3-5,8-9,11H2,1-2H3,(H,22,24)/t13-/m1/s1. The molecule has 0 unspecified atom stereocenters. The SMILES string of the molecule is C[C@H](c1ccc(Cl)cc1Cl)N(C)CC(=O)NC1(C#N)CCCCC1. The Hall–Kier alpha value is -1.28. The van der Waals surface area contributed by atoms with Crippen molar-refractivity contribution in [3.63, 3.8) is 0 Å². The van der Waals surface area contributed by atoms with E-state index in [4.69, 9.17) is 23.2 Å². The Morgan fingerprint density at radius 3 is 2.62 bits per heavy atom. The molecular weight excluding hydrogens is 345 g/mol. The van der Waals surface area contributed by atoms with Gasteiger partial charge in [0.05, 0.1) is 12.6 Å². The molecule has 0 bridgehead atoms. The lowest BCUT2D eigenvalue weighted by molar-refractivity contribution is -0.124. The van der Waals surface area contributed by atoms with Crippen molar-refractivity contribution >= 4 is 29.1 Å². The highest BCUT2D eigenvalue weighted by atomic mass is 35.5. The number of halogens is 2. The molecule has 0 aromatic heterocycles. The van der Waals surface area contributed by atoms with E-state index in [0.29, 0.717) is 10.0 Å². The molecule has 1 aliphatic carbocycles. The summed E-state index contributed by atoms with van der Waals surface area (Å²) in [5.74, 6) is -0.127. The lowest BCUT2D eigenvalue weighted by Gasteiger charge is -2.33. The number of benzene rings is 1. The summed E-state index contributed by atoms with van der Waals surface area (Å²) in [6.45, 7) is 2.20. The summed E-state index contributed by atoms with van der Waals surface area (Å²) in [5, 5.41) is 13.6. The number of hydrogen-bond donors (Lipinski definition) is 1. The average Bonchev–Trinajstić information content (AvgIpc) is 2.55. The molecule has 4 nitrogen and oxygen atoms in total. The molecule has 1 atom stereocenters. The molecule has 0 saturated heterocycles. The number of nitrogens with zero attached hydrogens (tertiary/aromatic N) is 2. The number of likely N-dealkylation sites (N-methyl/N-ethyl adjacent to an activating group) is 1. The summed E-state index contributed by atoms with van der Waals surface area (Å²) in [4.78, 5) is 14.3. The van der Waals surface area contributed by atoms with Crippen molar-refractivity contribution in [2.45, 2.75) is 50.6 Å². The lowest BCUT2D eigenvalue weighted by atomic mass is 9.83. The fourth-order valence-corrected chi connectivity index (χ4v) is 3.73. The van der Waals surface area contributed by atoms with Gasteiger partial charge in [-0.1, -0.05) is 48.5 Å². The minimum atomic E-state index is -0.697. The van der Waals surface area contributed by atoms with Gasteiger partial charge in [-0.2, -0.15) is 5.26 Å². The average molecular weight is 368 g/mol. The van der Waals surface area contributed by atoms with Gasteiger partial charge in [0.15, 0.2) is 0 Å². The number of rotatable bonds is 5. The molecule has 6 heteroatoms. The summed E-state index contributed by atoms with van der Waals surface area (Å²) in [6.07, 6.45) is 4.57. The second kappa shape index (κ2) is 8.20. The zero-order chi connectivity index (χ0) is 17.7. The van der Waals surface area contributed by atoms with E-state index < -0.39 is 5.54 Å². The Kier molecular flexibility index (Phi) is 6.51. The predicted molar refractivity (Wildman–Crippen MR) is 97.1 cm³/mol. The minimum absolute atomic E-state index is 0.0371. The molecule has 130 valence electrons. The van der Waals surface area contributed by atoms with Crippen LogP contribution in [-0.2, 0) is 4.79 Å². The maximum Gasteiger partial charge on any atom is 0.235 e. The second-order valence-electron chi connectivity index (χ2n) is 6.56. The molecule has 1 N–H and O–H groups in total. The number of carbonyl (C=O) groups is 1. The van der Waals surface area contributed by atoms with E-state index in [1.165, 1.54) is 0 Å². The predicted octanol–water partition coefficient (Wildman–Crippen LogP) is 4.33. The third-order valence-corrected chi connectivity index (χ3v) is 5.33. The van der Waals surface area contributed by atoms with Gasteiger partial charge in [-0.3, -0.25) is 9.69 Å². The molecule has 1 saturated carbocycles. The molecule has 1 amide bonds. The Labute approximate surface area is 153 Å². The molecule has 1 aliphatic rings. The van der Waals surface area contributed by atoms with Gasteiger partial charge in [0, 0.05) is 16.1 Å². The van der Waals surface area contributed by atoms with Crippen LogP contribution < -0.4 is 5.32 Å². The van der Waals surface area contributed by atoms with Gasteiger partial charge in [0.1, 0.15) is 5.54 Å². The van der Waals surface area contributed by atoms with Crippen LogP contribution in [0.15, 0.2) is 18.2 Å². The first-order valence-corrected chi connectivity index (χ1v) is 9.00. The molecule has 0 heterocycles. The van der Waals surface area contributed by atoms with E-state index in [1.807, 2.05) is 24.9 Å². The van der Waals surface area contributed by atoms with Crippen LogP contribution in [0.4, 0.5) is 0 Å². The molecule has 0 spiro atoms. The van der Waals surface area contributed by atoms with Gasteiger partial charge in [-0.05, 0) is 44.5 Å². The number of carbonyl (C=O) groups excluding carboxylic acids is 1. The molecule has 24 heavy (non-hydrogen) atoms. The largest absolute Gasteiger partial charge is 0.337 e. The van der Waals surface area contributed by atoms with E-state index in [9.17, 15) is 10.1 Å². The molecule has 0 aliphatic heterocycles. The third-order valence-electron chi connectivity index (χ3n) is 4.77. The first-order valence-electron chi connectivity index (χ1n) is 8.24. The molecule has 1 fully saturated rings.